The number of nitrogens with zero attached hydrogens (tertiary/aromatic N) is 3. The number of ether oxygens (including phenoxy) is 4. The van der Waals surface area contributed by atoms with Crippen LogP contribution in [0.3, 0.4) is 0 Å². The van der Waals surface area contributed by atoms with Crippen LogP contribution >= 0.6 is 0 Å². The molecule has 5 atom stereocenters. The number of nitrogens with two attached hydrogens (primary N) is 1. The van der Waals surface area contributed by atoms with Gasteiger partial charge in [0.05, 0.1) is 52.1 Å². The fourth-order valence-electron chi connectivity index (χ4n) is 9.27. The first-order valence-electron chi connectivity index (χ1n) is 27.2. The maximum atomic E-state index is 15.3. The molecule has 8 N–H and O–H groups in total. The normalized spacial score (nSPS) is 15.0. The maximum Gasteiger partial charge on any atom is 0.407 e. The van der Waals surface area contributed by atoms with Crippen LogP contribution < -0.4 is 32.3 Å². The predicted octanol–water partition coefficient (Wildman–Crippen LogP) is 3.47. The summed E-state index contributed by atoms with van der Waals surface area (Å²) in [5.41, 5.74) is 5.82. The molecule has 0 saturated carbocycles. The van der Waals surface area contributed by atoms with Crippen LogP contribution in [-0.4, -0.2) is 170 Å². The van der Waals surface area contributed by atoms with Gasteiger partial charge < -0.3 is 70.7 Å². The number of primary amides is 1. The van der Waals surface area contributed by atoms with Crippen molar-refractivity contribution < 1.29 is 71.2 Å². The molecule has 22 nitrogen and oxygen atoms in total. The first-order valence-corrected chi connectivity index (χ1v) is 27.2. The highest BCUT2D eigenvalue weighted by Crippen LogP contribution is 2.41. The van der Waals surface area contributed by atoms with Gasteiger partial charge in [-0.2, -0.15) is 0 Å². The van der Waals surface area contributed by atoms with Gasteiger partial charge in [0.1, 0.15) is 48.0 Å². The van der Waals surface area contributed by atoms with E-state index in [2.05, 4.69) is 26.6 Å². The van der Waals surface area contributed by atoms with E-state index in [4.69, 9.17) is 24.7 Å². The van der Waals surface area contributed by atoms with Crippen LogP contribution in [0.5, 0.6) is 0 Å². The van der Waals surface area contributed by atoms with E-state index in [0.717, 1.165) is 23.8 Å². The Morgan fingerprint density at radius 1 is 0.827 bits per heavy atom. The minimum atomic E-state index is -1.41. The van der Waals surface area contributed by atoms with Crippen LogP contribution in [-0.2, 0) is 59.1 Å². The Morgan fingerprint density at radius 2 is 1.48 bits per heavy atom. The van der Waals surface area contributed by atoms with Gasteiger partial charge in [-0.25, -0.2) is 13.6 Å². The lowest BCUT2D eigenvalue weighted by molar-refractivity contribution is -0.143. The highest BCUT2D eigenvalue weighted by Gasteiger charge is 2.41. The minimum absolute atomic E-state index is 0.00421. The Balaban J connectivity index is 1.41. The molecule has 1 aliphatic rings. The lowest BCUT2D eigenvalue weighted by Crippen LogP contribution is -2.59. The monoisotopic (exact) mass is 1140 g/mol. The van der Waals surface area contributed by atoms with Crippen LogP contribution in [0.4, 0.5) is 13.6 Å². The van der Waals surface area contributed by atoms with Gasteiger partial charge in [-0.1, -0.05) is 65.0 Å². The molecule has 0 aliphatic carbocycles. The van der Waals surface area contributed by atoms with Gasteiger partial charge in [0.2, 0.25) is 41.4 Å². The quantitative estimate of drug-likeness (QED) is 0.0455. The number of nitrogens with one attached hydrogen (secondary N) is 5. The van der Waals surface area contributed by atoms with Crippen molar-refractivity contribution >= 4 is 47.4 Å². The molecule has 2 heterocycles. The van der Waals surface area contributed by atoms with Crippen LogP contribution in [0.1, 0.15) is 105 Å². The van der Waals surface area contributed by atoms with Crippen molar-refractivity contribution in [3.8, 4) is 11.1 Å². The van der Waals surface area contributed by atoms with E-state index in [-0.39, 0.29) is 90.6 Å². The highest BCUT2D eigenvalue weighted by molar-refractivity contribution is 5.97. The molecule has 0 spiro atoms. The largest absolute Gasteiger partial charge is 0.444 e. The van der Waals surface area contributed by atoms with Crippen molar-refractivity contribution in [2.24, 2.45) is 17.1 Å². The third kappa shape index (κ3) is 21.4. The molecule has 1 aliphatic heterocycles. The SMILES string of the molecule is CNC(=O)[C@H](CCN(C(=O)CO)[C@@H](c1cc(-c2cc(F)ccc2F)cn1Cc1ccccc1)C(C)(C)C)NC(=O)[C@@H](NC(=O)[C@@H]1CCCN1C(=O)[C@H](CC(N)=O)NC(=O)CCOCCOCCOCCNC(=O)OC(C)(C)C)C(C)C. The standard InChI is InChI=1S/C57H83F2N9O13/c1-36(2)49(65-52(74)44-16-13-22-67(44)54(76)43(32-46(60)70)63-47(71)20-24-78-26-28-80-29-27-79-25-21-62-55(77)81-57(6,7)8)53(75)64-42(51(73)61-9)19-23-68(48(72)35-69)50(56(3,4)5)45-30-38(40-31-39(58)17-18-41(40)59)34-66(45)33-37-14-11-10-12-15-37/h10-12,14-15,17-18,30-31,34,36,42-44,49-50,69H,13,16,19-29,32-33,35H2,1-9H3,(H2,60,70)(H,61,73)(H,62,77)(H,63,71)(H,64,75)(H,65,74)/t42-,43-,44-,49-,50-/m0/s1. The van der Waals surface area contributed by atoms with Crippen molar-refractivity contribution in [1.29, 1.82) is 0 Å². The summed E-state index contributed by atoms with van der Waals surface area (Å²) in [7, 11) is 1.37. The number of amides is 8. The summed E-state index contributed by atoms with van der Waals surface area (Å²) in [6.45, 7) is 14.8. The molecule has 2 aromatic carbocycles. The Kier molecular flexibility index (Phi) is 26.1. The average Bonchev–Trinajstić information content (AvgIpc) is 4.10. The van der Waals surface area contributed by atoms with Crippen molar-refractivity contribution in [1.82, 2.24) is 41.0 Å². The number of hydrogen-bond donors (Lipinski definition) is 7. The second kappa shape index (κ2) is 31.8. The molecule has 3 aromatic rings. The van der Waals surface area contributed by atoms with Gasteiger partial charge in [-0.05, 0) is 81.2 Å². The van der Waals surface area contributed by atoms with Gasteiger partial charge in [0, 0.05) is 62.7 Å². The van der Waals surface area contributed by atoms with Crippen molar-refractivity contribution in [3.63, 3.8) is 0 Å². The Labute approximate surface area is 472 Å². The lowest BCUT2D eigenvalue weighted by atomic mass is 9.82. The fourth-order valence-corrected chi connectivity index (χ4v) is 9.27. The van der Waals surface area contributed by atoms with E-state index in [0.29, 0.717) is 17.7 Å². The van der Waals surface area contributed by atoms with E-state index < -0.39 is 119 Å². The maximum absolute atomic E-state index is 15.3. The minimum Gasteiger partial charge on any atom is -0.444 e. The molecule has 0 radical (unpaired) electrons. The summed E-state index contributed by atoms with van der Waals surface area (Å²) in [4.78, 5) is 109. The number of aromatic nitrogens is 1. The number of hydrogen-bond acceptors (Lipinski definition) is 13. The van der Waals surface area contributed by atoms with Crippen molar-refractivity contribution in [3.05, 3.63) is 83.7 Å². The van der Waals surface area contributed by atoms with Gasteiger partial charge in [-0.15, -0.1) is 0 Å². The molecule has 448 valence electrons. The number of carbonyl (C=O) groups excluding carboxylic acids is 8. The van der Waals surface area contributed by atoms with E-state index in [9.17, 15) is 47.9 Å². The molecular formula is C57H83F2N9O13. The van der Waals surface area contributed by atoms with Crippen LogP contribution in [0.2, 0.25) is 0 Å². The number of alkyl carbamates (subject to hydrolysis) is 1. The summed E-state index contributed by atoms with van der Waals surface area (Å²) in [6, 6.07) is 8.26. The number of aliphatic hydroxyl groups excluding tert-OH is 1. The molecule has 8 amide bonds. The second-order valence-electron chi connectivity index (χ2n) is 22.1. The van der Waals surface area contributed by atoms with Gasteiger partial charge in [-0.3, -0.25) is 33.6 Å². The first-order chi connectivity index (χ1) is 38.2. The second-order valence-corrected chi connectivity index (χ2v) is 22.1. The molecule has 24 heteroatoms. The molecule has 0 unspecified atom stereocenters. The zero-order valence-electron chi connectivity index (χ0n) is 48.1. The molecular weight excluding hydrogens is 1060 g/mol. The zero-order chi connectivity index (χ0) is 60.0. The van der Waals surface area contributed by atoms with Crippen LogP contribution in [0.25, 0.3) is 11.1 Å². The number of benzene rings is 2. The fraction of sp³-hybridized carbons (Fsp3) is 0.579. The summed E-state index contributed by atoms with van der Waals surface area (Å²) in [6.07, 6.45) is 0.776. The predicted molar refractivity (Wildman–Crippen MR) is 295 cm³/mol. The van der Waals surface area contributed by atoms with Crippen molar-refractivity contribution in [2.75, 3.05) is 72.9 Å². The van der Waals surface area contributed by atoms with E-state index >= 15 is 4.39 Å². The third-order valence-electron chi connectivity index (χ3n) is 13.0. The average molecular weight is 1140 g/mol. The third-order valence-corrected chi connectivity index (χ3v) is 13.0. The van der Waals surface area contributed by atoms with Gasteiger partial charge in [0.25, 0.3) is 0 Å². The number of rotatable bonds is 31. The molecule has 0 bridgehead atoms. The van der Waals surface area contributed by atoms with Gasteiger partial charge in [0.15, 0.2) is 0 Å². The summed E-state index contributed by atoms with van der Waals surface area (Å²) >= 11 is 0. The smallest absolute Gasteiger partial charge is 0.407 e. The Bertz CT molecular complexity index is 2590. The highest BCUT2D eigenvalue weighted by atomic mass is 19.1. The number of aliphatic hydroxyl groups is 1. The summed E-state index contributed by atoms with van der Waals surface area (Å²) in [5.74, 6) is -6.90. The van der Waals surface area contributed by atoms with Gasteiger partial charge >= 0.3 is 6.09 Å². The molecule has 1 fully saturated rings. The van der Waals surface area contributed by atoms with Crippen LogP contribution in [0, 0.1) is 23.0 Å². The summed E-state index contributed by atoms with van der Waals surface area (Å²) < 4.78 is 53.2. The number of likely N-dealkylation sites (tertiary alicyclic amines) is 1. The zero-order valence-corrected chi connectivity index (χ0v) is 48.1. The number of likely N-dealkylation sites (N-methyl/N-ethyl adjacent to an activating group) is 1. The van der Waals surface area contributed by atoms with E-state index in [1.165, 1.54) is 16.8 Å². The molecule has 81 heavy (non-hydrogen) atoms. The Hall–Kier alpha value is -7.02. The number of carbonyl (C=O) groups is 8. The molecule has 4 rings (SSSR count). The Morgan fingerprint density at radius 3 is 2.09 bits per heavy atom. The number of halogens is 2. The topological polar surface area (TPSA) is 291 Å². The van der Waals surface area contributed by atoms with Crippen LogP contribution in [0.15, 0.2) is 60.8 Å². The first kappa shape index (κ1) is 66.5. The summed E-state index contributed by atoms with van der Waals surface area (Å²) in [5, 5.41) is 23.6. The lowest BCUT2D eigenvalue weighted by Gasteiger charge is -2.41. The molecule has 1 aromatic heterocycles. The van der Waals surface area contributed by atoms with E-state index in [1.54, 1.807) is 46.9 Å². The van der Waals surface area contributed by atoms with E-state index in [1.807, 2.05) is 55.7 Å². The van der Waals surface area contributed by atoms with Crippen molar-refractivity contribution in [2.45, 2.75) is 130 Å². The molecule has 1 saturated heterocycles.